The molecule has 1 saturated heterocycles. The Bertz CT molecular complexity index is 725. The fraction of sp³-hybridized carbons (Fsp3) is 0.429. The molecule has 5 nitrogen and oxygen atoms in total. The molecule has 3 rings (SSSR count). The van der Waals surface area contributed by atoms with Crippen LogP contribution >= 0.6 is 0 Å². The zero-order valence-corrected chi connectivity index (χ0v) is 15.4. The van der Waals surface area contributed by atoms with E-state index >= 15 is 0 Å². The first-order chi connectivity index (χ1) is 12.6. The Kier molecular flexibility index (Phi) is 5.81. The van der Waals surface area contributed by atoms with Crippen molar-refractivity contribution in [2.45, 2.75) is 24.5 Å². The fourth-order valence-corrected chi connectivity index (χ4v) is 3.60. The molecule has 2 aromatic rings. The zero-order valence-electron chi connectivity index (χ0n) is 15.4. The number of rotatable bonds is 6. The summed E-state index contributed by atoms with van der Waals surface area (Å²) in [5.74, 6) is 1.46. The lowest BCUT2D eigenvalue weighted by molar-refractivity contribution is -0.0358. The number of aliphatic hydroxyl groups excluding tert-OH is 1. The van der Waals surface area contributed by atoms with Crippen LogP contribution in [0.3, 0.4) is 0 Å². The highest BCUT2D eigenvalue weighted by Crippen LogP contribution is 2.38. The molecule has 0 amide bonds. The quantitative estimate of drug-likeness (QED) is 0.832. The first kappa shape index (κ1) is 18.7. The van der Waals surface area contributed by atoms with Gasteiger partial charge in [-0.2, -0.15) is 0 Å². The Labute approximate surface area is 154 Å². The summed E-state index contributed by atoms with van der Waals surface area (Å²) in [6.07, 6.45) is 0.638. The molecular weight excluding hydrogens is 330 g/mol. The molecule has 1 aliphatic heterocycles. The van der Waals surface area contributed by atoms with Gasteiger partial charge in [0.2, 0.25) is 0 Å². The lowest BCUT2D eigenvalue weighted by atomic mass is 9.83. The van der Waals surface area contributed by atoms with E-state index in [0.717, 1.165) is 35.7 Å². The highest BCUT2D eigenvalue weighted by Gasteiger charge is 2.36. The minimum atomic E-state index is -0.885. The van der Waals surface area contributed by atoms with Crippen LogP contribution in [-0.2, 0) is 5.60 Å². The molecule has 26 heavy (non-hydrogen) atoms. The van der Waals surface area contributed by atoms with Gasteiger partial charge in [-0.25, -0.2) is 0 Å². The number of para-hydroxylation sites is 1. The summed E-state index contributed by atoms with van der Waals surface area (Å²) in [5, 5.41) is 21.6. The molecule has 0 saturated carbocycles. The summed E-state index contributed by atoms with van der Waals surface area (Å²) in [5.41, 5.74) is 0.801. The van der Waals surface area contributed by atoms with E-state index in [2.05, 4.69) is 4.90 Å². The maximum absolute atomic E-state index is 11.1. The third-order valence-corrected chi connectivity index (χ3v) is 5.20. The van der Waals surface area contributed by atoms with Crippen molar-refractivity contribution in [3.8, 4) is 11.5 Å². The number of piperidine rings is 1. The van der Waals surface area contributed by atoms with Gasteiger partial charge in [0.15, 0.2) is 0 Å². The van der Waals surface area contributed by atoms with Crippen LogP contribution in [0.2, 0.25) is 0 Å². The van der Waals surface area contributed by atoms with E-state index in [1.807, 2.05) is 48.5 Å². The molecule has 140 valence electrons. The molecule has 1 aliphatic rings. The van der Waals surface area contributed by atoms with E-state index in [9.17, 15) is 10.2 Å². The van der Waals surface area contributed by atoms with Gasteiger partial charge in [-0.3, -0.25) is 0 Å². The maximum atomic E-state index is 11.1. The van der Waals surface area contributed by atoms with Crippen molar-refractivity contribution in [2.75, 3.05) is 33.9 Å². The second-order valence-corrected chi connectivity index (χ2v) is 6.82. The molecule has 0 unspecified atom stereocenters. The molecule has 1 heterocycles. The van der Waals surface area contributed by atoms with Crippen LogP contribution in [0.15, 0.2) is 48.5 Å². The maximum Gasteiger partial charge on any atom is 0.124 e. The van der Waals surface area contributed by atoms with Crippen LogP contribution in [0, 0.1) is 0 Å². The van der Waals surface area contributed by atoms with Gasteiger partial charge in [0.1, 0.15) is 11.5 Å². The molecule has 0 spiro atoms. The van der Waals surface area contributed by atoms with E-state index < -0.39 is 11.7 Å². The van der Waals surface area contributed by atoms with Crippen LogP contribution in [0.4, 0.5) is 0 Å². The molecule has 1 fully saturated rings. The van der Waals surface area contributed by atoms with E-state index in [1.165, 1.54) is 0 Å². The fourth-order valence-electron chi connectivity index (χ4n) is 3.60. The molecule has 2 N–H and O–H groups in total. The largest absolute Gasteiger partial charge is 0.497 e. The summed E-state index contributed by atoms with van der Waals surface area (Å²) in [6.45, 7) is 1.97. The predicted octanol–water partition coefficient (Wildman–Crippen LogP) is 2.72. The number of β-amino-alcohol motifs (C(OH)–C–C–N with tert-alkyl or cyclic N) is 1. The van der Waals surface area contributed by atoms with Crippen molar-refractivity contribution in [1.29, 1.82) is 0 Å². The number of methoxy groups -OCH3 is 2. The summed E-state index contributed by atoms with van der Waals surface area (Å²) in [6, 6.07) is 15.2. The van der Waals surface area contributed by atoms with Crippen molar-refractivity contribution < 1.29 is 19.7 Å². The number of ether oxygens (including phenoxy) is 2. The predicted molar refractivity (Wildman–Crippen MR) is 101 cm³/mol. The topological polar surface area (TPSA) is 62.2 Å². The third kappa shape index (κ3) is 4.01. The van der Waals surface area contributed by atoms with Crippen molar-refractivity contribution in [3.05, 3.63) is 59.7 Å². The van der Waals surface area contributed by atoms with Gasteiger partial charge >= 0.3 is 0 Å². The molecule has 5 heteroatoms. The van der Waals surface area contributed by atoms with Gasteiger partial charge in [0.25, 0.3) is 0 Å². The molecule has 0 radical (unpaired) electrons. The van der Waals surface area contributed by atoms with Crippen LogP contribution in [0.25, 0.3) is 0 Å². The summed E-state index contributed by atoms with van der Waals surface area (Å²) in [7, 11) is 3.25. The van der Waals surface area contributed by atoms with E-state index in [0.29, 0.717) is 19.4 Å². The summed E-state index contributed by atoms with van der Waals surface area (Å²) in [4.78, 5) is 2.19. The molecular formula is C21H27NO4. The van der Waals surface area contributed by atoms with Crippen molar-refractivity contribution >= 4 is 0 Å². The van der Waals surface area contributed by atoms with Gasteiger partial charge in [-0.05, 0) is 36.6 Å². The Morgan fingerprint density at radius 1 is 1.04 bits per heavy atom. The third-order valence-electron chi connectivity index (χ3n) is 5.20. The monoisotopic (exact) mass is 357 g/mol. The molecule has 0 bridgehead atoms. The first-order valence-electron chi connectivity index (χ1n) is 8.96. The second-order valence-electron chi connectivity index (χ2n) is 6.82. The lowest BCUT2D eigenvalue weighted by Gasteiger charge is -2.39. The number of hydrogen-bond donors (Lipinski definition) is 2. The van der Waals surface area contributed by atoms with Crippen LogP contribution in [0.1, 0.15) is 30.1 Å². The van der Waals surface area contributed by atoms with Crippen LogP contribution in [-0.4, -0.2) is 49.0 Å². The Hall–Kier alpha value is -2.08. The van der Waals surface area contributed by atoms with Gasteiger partial charge < -0.3 is 24.6 Å². The average molecular weight is 357 g/mol. The number of benzene rings is 2. The number of nitrogens with zero attached hydrogens (tertiary/aromatic N) is 1. The Balaban J connectivity index is 1.63. The SMILES string of the molecule is COc1cccc([C@H](O)CN2CCC(O)(c3ccccc3OC)CC2)c1. The van der Waals surface area contributed by atoms with Crippen molar-refractivity contribution in [3.63, 3.8) is 0 Å². The van der Waals surface area contributed by atoms with Gasteiger partial charge in [-0.1, -0.05) is 30.3 Å². The van der Waals surface area contributed by atoms with Crippen LogP contribution in [0.5, 0.6) is 11.5 Å². The van der Waals surface area contributed by atoms with Crippen molar-refractivity contribution in [2.24, 2.45) is 0 Å². The Morgan fingerprint density at radius 2 is 1.77 bits per heavy atom. The molecule has 1 atom stereocenters. The second kappa shape index (κ2) is 8.08. The molecule has 2 aromatic carbocycles. The number of hydrogen-bond acceptors (Lipinski definition) is 5. The molecule has 0 aliphatic carbocycles. The lowest BCUT2D eigenvalue weighted by Crippen LogP contribution is -2.44. The van der Waals surface area contributed by atoms with Gasteiger partial charge in [0, 0.05) is 25.2 Å². The van der Waals surface area contributed by atoms with E-state index in [4.69, 9.17) is 9.47 Å². The zero-order chi connectivity index (χ0) is 18.6. The standard InChI is InChI=1S/C21H27NO4/c1-25-17-7-5-6-16(14-17)19(23)15-22-12-10-21(24,11-13-22)18-8-3-4-9-20(18)26-2/h3-9,14,19,23-24H,10-13,15H2,1-2H3/t19-/m1/s1. The average Bonchev–Trinajstić information content (AvgIpc) is 2.69. The number of aliphatic hydroxyl groups is 2. The van der Waals surface area contributed by atoms with E-state index in [-0.39, 0.29) is 0 Å². The smallest absolute Gasteiger partial charge is 0.124 e. The summed E-state index contributed by atoms with van der Waals surface area (Å²) >= 11 is 0. The highest BCUT2D eigenvalue weighted by molar-refractivity contribution is 5.38. The normalized spacial score (nSPS) is 18.3. The van der Waals surface area contributed by atoms with Crippen LogP contribution < -0.4 is 9.47 Å². The van der Waals surface area contributed by atoms with E-state index in [1.54, 1.807) is 14.2 Å². The van der Waals surface area contributed by atoms with Gasteiger partial charge in [0.05, 0.1) is 25.9 Å². The van der Waals surface area contributed by atoms with Crippen molar-refractivity contribution in [1.82, 2.24) is 4.90 Å². The van der Waals surface area contributed by atoms with Gasteiger partial charge in [-0.15, -0.1) is 0 Å². The summed E-state index contributed by atoms with van der Waals surface area (Å²) < 4.78 is 10.6. The minimum absolute atomic E-state index is 0.537. The minimum Gasteiger partial charge on any atom is -0.497 e. The number of likely N-dealkylation sites (tertiary alicyclic amines) is 1. The Morgan fingerprint density at radius 3 is 2.46 bits per heavy atom. The molecule has 0 aromatic heterocycles. The first-order valence-corrected chi connectivity index (χ1v) is 8.96. The highest BCUT2D eigenvalue weighted by atomic mass is 16.5.